The molecule has 0 aliphatic heterocycles. The molecule has 6 nitrogen and oxygen atoms in total. The average molecular weight is 219 g/mol. The van der Waals surface area contributed by atoms with E-state index in [2.05, 4.69) is 25.4 Å². The largest absolute Gasteiger partial charge is 0.359 e. The van der Waals surface area contributed by atoms with Crippen molar-refractivity contribution in [2.45, 2.75) is 27.3 Å². The van der Waals surface area contributed by atoms with Gasteiger partial charge >= 0.3 is 0 Å². The normalized spacial score (nSPS) is 10.4. The van der Waals surface area contributed by atoms with Crippen LogP contribution in [0.5, 0.6) is 0 Å². The van der Waals surface area contributed by atoms with Gasteiger partial charge in [-0.2, -0.15) is 4.98 Å². The van der Waals surface area contributed by atoms with Gasteiger partial charge in [-0.15, -0.1) is 0 Å². The predicted octanol–water partition coefficient (Wildman–Crippen LogP) is 1.40. The lowest BCUT2D eigenvalue weighted by Gasteiger charge is -2.05. The topological polar surface area (TPSA) is 76.7 Å². The first-order valence-electron chi connectivity index (χ1n) is 4.98. The Kier molecular flexibility index (Phi) is 2.80. The van der Waals surface area contributed by atoms with E-state index in [1.165, 1.54) is 0 Å². The second-order valence-corrected chi connectivity index (χ2v) is 3.53. The predicted molar refractivity (Wildman–Crippen MR) is 57.9 cm³/mol. The van der Waals surface area contributed by atoms with Crippen LogP contribution in [-0.4, -0.2) is 20.1 Å². The van der Waals surface area contributed by atoms with Crippen LogP contribution in [0.1, 0.15) is 23.1 Å². The standard InChI is InChI=1S/C10H13N5O/c1-6-4-11-7(2)10(13-6)12-5-9-14-8(3)15-16-9/h4H,5H2,1-3H3,(H,12,13). The highest BCUT2D eigenvalue weighted by Gasteiger charge is 2.05. The number of hydrogen-bond acceptors (Lipinski definition) is 6. The van der Waals surface area contributed by atoms with Crippen molar-refractivity contribution in [2.75, 3.05) is 5.32 Å². The zero-order chi connectivity index (χ0) is 11.5. The molecule has 6 heteroatoms. The zero-order valence-corrected chi connectivity index (χ0v) is 9.48. The molecule has 0 aliphatic rings. The number of anilines is 1. The Morgan fingerprint density at radius 3 is 2.75 bits per heavy atom. The fourth-order valence-corrected chi connectivity index (χ4v) is 1.28. The minimum Gasteiger partial charge on any atom is -0.359 e. The SMILES string of the molecule is Cc1cnc(C)c(NCc2nc(C)no2)n1. The minimum atomic E-state index is 0.458. The van der Waals surface area contributed by atoms with Gasteiger partial charge in [0, 0.05) is 6.20 Å². The summed E-state index contributed by atoms with van der Waals surface area (Å²) in [6, 6.07) is 0. The van der Waals surface area contributed by atoms with E-state index < -0.39 is 0 Å². The van der Waals surface area contributed by atoms with E-state index in [0.717, 1.165) is 17.2 Å². The summed E-state index contributed by atoms with van der Waals surface area (Å²) < 4.78 is 4.98. The summed E-state index contributed by atoms with van der Waals surface area (Å²) in [5.41, 5.74) is 1.72. The quantitative estimate of drug-likeness (QED) is 0.840. The molecular formula is C10H13N5O. The summed E-state index contributed by atoms with van der Waals surface area (Å²) in [7, 11) is 0. The molecule has 0 aliphatic carbocycles. The summed E-state index contributed by atoms with van der Waals surface area (Å²) in [6.07, 6.45) is 1.73. The summed E-state index contributed by atoms with van der Waals surface area (Å²) in [4.78, 5) is 12.6. The number of nitrogens with one attached hydrogen (secondary N) is 1. The van der Waals surface area contributed by atoms with Gasteiger partial charge < -0.3 is 9.84 Å². The Morgan fingerprint density at radius 2 is 2.06 bits per heavy atom. The molecule has 0 radical (unpaired) electrons. The summed E-state index contributed by atoms with van der Waals surface area (Å²) in [6.45, 7) is 6.03. The lowest BCUT2D eigenvalue weighted by atomic mass is 10.4. The van der Waals surface area contributed by atoms with E-state index in [-0.39, 0.29) is 0 Å². The van der Waals surface area contributed by atoms with Crippen molar-refractivity contribution in [3.63, 3.8) is 0 Å². The molecule has 0 amide bonds. The van der Waals surface area contributed by atoms with Crippen molar-refractivity contribution in [1.82, 2.24) is 20.1 Å². The summed E-state index contributed by atoms with van der Waals surface area (Å²) in [5.74, 6) is 1.92. The van der Waals surface area contributed by atoms with Crippen molar-refractivity contribution in [1.29, 1.82) is 0 Å². The highest BCUT2D eigenvalue weighted by molar-refractivity contribution is 5.39. The van der Waals surface area contributed by atoms with Crippen LogP contribution in [0.3, 0.4) is 0 Å². The Balaban J connectivity index is 2.07. The van der Waals surface area contributed by atoms with E-state index >= 15 is 0 Å². The lowest BCUT2D eigenvalue weighted by molar-refractivity contribution is 0.379. The van der Waals surface area contributed by atoms with E-state index in [1.807, 2.05) is 13.8 Å². The average Bonchev–Trinajstić information content (AvgIpc) is 2.66. The number of aromatic nitrogens is 4. The third-order valence-electron chi connectivity index (χ3n) is 2.05. The smallest absolute Gasteiger partial charge is 0.245 e. The Morgan fingerprint density at radius 1 is 1.25 bits per heavy atom. The van der Waals surface area contributed by atoms with Crippen LogP contribution in [0, 0.1) is 20.8 Å². The summed E-state index contributed by atoms with van der Waals surface area (Å²) in [5, 5.41) is 6.82. The molecule has 1 N–H and O–H groups in total. The van der Waals surface area contributed by atoms with Gasteiger partial charge in [0.15, 0.2) is 5.82 Å². The fraction of sp³-hybridized carbons (Fsp3) is 0.400. The van der Waals surface area contributed by atoms with Gasteiger partial charge in [-0.1, -0.05) is 5.16 Å². The molecule has 84 valence electrons. The van der Waals surface area contributed by atoms with Crippen LogP contribution in [0.4, 0.5) is 5.82 Å². The van der Waals surface area contributed by atoms with Crippen molar-refractivity contribution in [2.24, 2.45) is 0 Å². The van der Waals surface area contributed by atoms with Crippen LogP contribution >= 0.6 is 0 Å². The van der Waals surface area contributed by atoms with Gasteiger partial charge in [-0.25, -0.2) is 4.98 Å². The van der Waals surface area contributed by atoms with E-state index in [1.54, 1.807) is 13.1 Å². The maximum atomic E-state index is 4.98. The first kappa shape index (κ1) is 10.5. The third kappa shape index (κ3) is 2.33. The molecule has 2 aromatic rings. The van der Waals surface area contributed by atoms with Crippen LogP contribution in [0.25, 0.3) is 0 Å². The molecule has 2 heterocycles. The van der Waals surface area contributed by atoms with Crippen LogP contribution < -0.4 is 5.32 Å². The number of nitrogens with zero attached hydrogens (tertiary/aromatic N) is 4. The first-order valence-corrected chi connectivity index (χ1v) is 4.98. The van der Waals surface area contributed by atoms with Crippen molar-refractivity contribution in [3.05, 3.63) is 29.3 Å². The molecule has 16 heavy (non-hydrogen) atoms. The number of hydrogen-bond donors (Lipinski definition) is 1. The van der Waals surface area contributed by atoms with Gasteiger partial charge in [0.25, 0.3) is 0 Å². The van der Waals surface area contributed by atoms with Crippen LogP contribution in [0.15, 0.2) is 10.7 Å². The van der Waals surface area contributed by atoms with Crippen LogP contribution in [0.2, 0.25) is 0 Å². The molecule has 0 fully saturated rings. The first-order chi connectivity index (χ1) is 7.65. The van der Waals surface area contributed by atoms with Crippen molar-refractivity contribution in [3.8, 4) is 0 Å². The van der Waals surface area contributed by atoms with E-state index in [4.69, 9.17) is 4.52 Å². The zero-order valence-electron chi connectivity index (χ0n) is 9.48. The molecule has 0 saturated carbocycles. The third-order valence-corrected chi connectivity index (χ3v) is 2.05. The second-order valence-electron chi connectivity index (χ2n) is 3.53. The monoisotopic (exact) mass is 219 g/mol. The van der Waals surface area contributed by atoms with E-state index in [9.17, 15) is 0 Å². The van der Waals surface area contributed by atoms with Gasteiger partial charge in [0.2, 0.25) is 5.89 Å². The Bertz CT molecular complexity index is 494. The maximum Gasteiger partial charge on any atom is 0.245 e. The molecule has 2 rings (SSSR count). The molecule has 0 atom stereocenters. The number of aryl methyl sites for hydroxylation is 3. The lowest BCUT2D eigenvalue weighted by Crippen LogP contribution is -2.05. The highest BCUT2D eigenvalue weighted by atomic mass is 16.5. The van der Waals surface area contributed by atoms with E-state index in [0.29, 0.717) is 18.3 Å². The minimum absolute atomic E-state index is 0.458. The highest BCUT2D eigenvalue weighted by Crippen LogP contribution is 2.09. The number of rotatable bonds is 3. The molecule has 0 spiro atoms. The fourth-order valence-electron chi connectivity index (χ4n) is 1.28. The van der Waals surface area contributed by atoms with Gasteiger partial charge in [0.1, 0.15) is 5.82 Å². The summed E-state index contributed by atoms with van der Waals surface area (Å²) >= 11 is 0. The molecule has 0 saturated heterocycles. The van der Waals surface area contributed by atoms with Crippen molar-refractivity contribution >= 4 is 5.82 Å². The Labute approximate surface area is 93.1 Å². The Hall–Kier alpha value is -1.98. The molecule has 0 bridgehead atoms. The molecule has 0 aromatic carbocycles. The molecule has 2 aromatic heterocycles. The van der Waals surface area contributed by atoms with Gasteiger partial charge in [-0.3, -0.25) is 4.98 Å². The van der Waals surface area contributed by atoms with Crippen LogP contribution in [-0.2, 0) is 6.54 Å². The molecule has 0 unspecified atom stereocenters. The van der Waals surface area contributed by atoms with Gasteiger partial charge in [0.05, 0.1) is 17.9 Å². The molecular weight excluding hydrogens is 206 g/mol. The maximum absolute atomic E-state index is 4.98. The van der Waals surface area contributed by atoms with Crippen molar-refractivity contribution < 1.29 is 4.52 Å². The second kappa shape index (κ2) is 4.26. The van der Waals surface area contributed by atoms with Gasteiger partial charge in [-0.05, 0) is 20.8 Å².